The molecule has 0 aliphatic carbocycles. The lowest BCUT2D eigenvalue weighted by Gasteiger charge is -2.24. The number of ether oxygens (including phenoxy) is 2. The highest BCUT2D eigenvalue weighted by atomic mass is 32.1. The van der Waals surface area contributed by atoms with Gasteiger partial charge in [0.15, 0.2) is 0 Å². The number of carbonyl (C=O) groups excluding carboxylic acids is 3. The molecular formula is C29H29NO6S. The van der Waals surface area contributed by atoms with Crippen LogP contribution in [0.25, 0.3) is 5.76 Å². The third-order valence-corrected chi connectivity index (χ3v) is 6.99. The highest BCUT2D eigenvalue weighted by Gasteiger charge is 2.47. The summed E-state index contributed by atoms with van der Waals surface area (Å²) in [6.07, 6.45) is -0.113. The number of rotatable bonds is 7. The van der Waals surface area contributed by atoms with Crippen molar-refractivity contribution in [3.63, 3.8) is 0 Å². The number of Topliss-reactive ketones (excluding diaryl/α,β-unsaturated/α-hetero) is 1. The Morgan fingerprint density at radius 1 is 1.11 bits per heavy atom. The second-order valence-electron chi connectivity index (χ2n) is 9.23. The van der Waals surface area contributed by atoms with E-state index in [1.54, 1.807) is 44.2 Å². The molecule has 37 heavy (non-hydrogen) atoms. The first-order chi connectivity index (χ1) is 17.6. The van der Waals surface area contributed by atoms with Gasteiger partial charge in [-0.15, -0.1) is 11.3 Å². The fraction of sp³-hybridized carbons (Fsp3) is 0.276. The molecular weight excluding hydrogens is 490 g/mol. The summed E-state index contributed by atoms with van der Waals surface area (Å²) in [5, 5.41) is 13.3. The number of carbonyl (C=O) groups is 3. The van der Waals surface area contributed by atoms with Gasteiger partial charge in [-0.1, -0.05) is 24.3 Å². The van der Waals surface area contributed by atoms with Crippen molar-refractivity contribution < 1.29 is 29.0 Å². The molecule has 1 fully saturated rings. The van der Waals surface area contributed by atoms with Gasteiger partial charge >= 0.3 is 5.97 Å². The maximum atomic E-state index is 13.4. The van der Waals surface area contributed by atoms with E-state index in [-0.39, 0.29) is 29.8 Å². The summed E-state index contributed by atoms with van der Waals surface area (Å²) < 4.78 is 10.7. The summed E-state index contributed by atoms with van der Waals surface area (Å²) in [5.74, 6) is -1.70. The molecule has 1 saturated heterocycles. The highest BCUT2D eigenvalue weighted by Crippen LogP contribution is 2.45. The second-order valence-corrected chi connectivity index (χ2v) is 10.2. The Kier molecular flexibility index (Phi) is 7.50. The SMILES string of the molecule is COc1c(C)cc(C)cc1/C(O)=C1/C(=O)C(=O)N(c2ccc(CC(=O)OC(C)C)cc2)C1c1cccs1. The molecule has 1 aliphatic rings. The number of esters is 1. The van der Waals surface area contributed by atoms with Gasteiger partial charge in [0.25, 0.3) is 11.7 Å². The molecule has 0 bridgehead atoms. The molecule has 0 saturated carbocycles. The van der Waals surface area contributed by atoms with Crippen LogP contribution in [0.4, 0.5) is 5.69 Å². The summed E-state index contributed by atoms with van der Waals surface area (Å²) in [4.78, 5) is 40.9. The van der Waals surface area contributed by atoms with Crippen molar-refractivity contribution in [2.24, 2.45) is 0 Å². The zero-order chi connectivity index (χ0) is 26.9. The minimum atomic E-state index is -0.817. The molecule has 1 atom stereocenters. The van der Waals surface area contributed by atoms with Crippen LogP contribution in [0.3, 0.4) is 0 Å². The molecule has 2 aromatic carbocycles. The van der Waals surface area contributed by atoms with Gasteiger partial charge in [-0.05, 0) is 74.0 Å². The Morgan fingerprint density at radius 3 is 2.41 bits per heavy atom. The molecule has 1 amide bonds. The van der Waals surface area contributed by atoms with Crippen LogP contribution in [0.15, 0.2) is 59.5 Å². The zero-order valence-electron chi connectivity index (χ0n) is 21.4. The molecule has 8 heteroatoms. The molecule has 7 nitrogen and oxygen atoms in total. The number of thiophene rings is 1. The standard InChI is InChI=1S/C29H29NO6S/c1-16(2)36-23(31)15-19-8-10-20(11-9-19)30-25(22-7-6-12-37-22)24(27(33)29(30)34)26(32)21-14-17(3)13-18(4)28(21)35-5/h6-14,16,25,32H,15H2,1-5H3/b26-24-. The molecule has 3 aromatic rings. The normalized spacial score (nSPS) is 16.9. The summed E-state index contributed by atoms with van der Waals surface area (Å²) in [7, 11) is 1.50. The van der Waals surface area contributed by atoms with Gasteiger partial charge in [0.2, 0.25) is 0 Å². The molecule has 0 radical (unpaired) electrons. The van der Waals surface area contributed by atoms with Gasteiger partial charge < -0.3 is 14.6 Å². The van der Waals surface area contributed by atoms with Crippen LogP contribution >= 0.6 is 11.3 Å². The minimum absolute atomic E-state index is 0.000313. The van der Waals surface area contributed by atoms with Gasteiger partial charge in [0.05, 0.1) is 30.8 Å². The van der Waals surface area contributed by atoms with E-state index in [1.807, 2.05) is 37.4 Å². The van der Waals surface area contributed by atoms with E-state index in [9.17, 15) is 19.5 Å². The number of ketones is 1. The van der Waals surface area contributed by atoms with E-state index in [2.05, 4.69) is 0 Å². The Balaban J connectivity index is 1.80. The average molecular weight is 520 g/mol. The summed E-state index contributed by atoms with van der Waals surface area (Å²) in [6, 6.07) is 13.4. The number of aliphatic hydroxyl groups is 1. The number of hydrogen-bond donors (Lipinski definition) is 1. The van der Waals surface area contributed by atoms with Crippen LogP contribution in [0.5, 0.6) is 5.75 Å². The number of anilines is 1. The van der Waals surface area contributed by atoms with Crippen molar-refractivity contribution in [2.45, 2.75) is 46.3 Å². The quantitative estimate of drug-likeness (QED) is 0.192. The number of nitrogens with zero attached hydrogens (tertiary/aromatic N) is 1. The molecule has 1 unspecified atom stereocenters. The topological polar surface area (TPSA) is 93.1 Å². The van der Waals surface area contributed by atoms with Gasteiger partial charge in [-0.3, -0.25) is 19.3 Å². The van der Waals surface area contributed by atoms with Crippen molar-refractivity contribution in [3.8, 4) is 5.75 Å². The predicted molar refractivity (Wildman–Crippen MR) is 143 cm³/mol. The Labute approximate surface area is 220 Å². The van der Waals surface area contributed by atoms with E-state index >= 15 is 0 Å². The monoisotopic (exact) mass is 519 g/mol. The van der Waals surface area contributed by atoms with Crippen LogP contribution in [0, 0.1) is 13.8 Å². The van der Waals surface area contributed by atoms with Crippen LogP contribution in [0.1, 0.15) is 47.0 Å². The molecule has 2 heterocycles. The lowest BCUT2D eigenvalue weighted by Crippen LogP contribution is -2.29. The first kappa shape index (κ1) is 26.2. The maximum absolute atomic E-state index is 13.4. The lowest BCUT2D eigenvalue weighted by molar-refractivity contribution is -0.146. The Hall–Kier alpha value is -3.91. The van der Waals surface area contributed by atoms with Crippen molar-refractivity contribution in [2.75, 3.05) is 12.0 Å². The smallest absolute Gasteiger partial charge is 0.310 e. The Bertz CT molecular complexity index is 1370. The summed E-state index contributed by atoms with van der Waals surface area (Å²) in [6.45, 7) is 7.32. The fourth-order valence-corrected chi connectivity index (χ4v) is 5.43. The van der Waals surface area contributed by atoms with Crippen LogP contribution in [-0.2, 0) is 25.5 Å². The van der Waals surface area contributed by atoms with Crippen molar-refractivity contribution in [1.29, 1.82) is 0 Å². The first-order valence-electron chi connectivity index (χ1n) is 11.9. The second kappa shape index (κ2) is 10.6. The number of amides is 1. The molecule has 1 aromatic heterocycles. The zero-order valence-corrected chi connectivity index (χ0v) is 22.2. The largest absolute Gasteiger partial charge is 0.507 e. The van der Waals surface area contributed by atoms with Gasteiger partial charge in [0.1, 0.15) is 17.6 Å². The van der Waals surface area contributed by atoms with Gasteiger partial charge in [-0.25, -0.2) is 0 Å². The van der Waals surface area contributed by atoms with Crippen LogP contribution in [0.2, 0.25) is 0 Å². The van der Waals surface area contributed by atoms with E-state index < -0.39 is 17.7 Å². The molecule has 1 N–H and O–H groups in total. The fourth-order valence-electron chi connectivity index (χ4n) is 4.61. The predicted octanol–water partition coefficient (Wildman–Crippen LogP) is 5.49. The van der Waals surface area contributed by atoms with Crippen LogP contribution in [-0.4, -0.2) is 36.0 Å². The number of benzene rings is 2. The van der Waals surface area contributed by atoms with Crippen molar-refractivity contribution in [1.82, 2.24) is 0 Å². The van der Waals surface area contributed by atoms with E-state index in [4.69, 9.17) is 9.47 Å². The number of aliphatic hydroxyl groups excluding tert-OH is 1. The van der Waals surface area contributed by atoms with Crippen LogP contribution < -0.4 is 9.64 Å². The first-order valence-corrected chi connectivity index (χ1v) is 12.8. The van der Waals surface area contributed by atoms with Gasteiger partial charge in [-0.2, -0.15) is 0 Å². The minimum Gasteiger partial charge on any atom is -0.507 e. The average Bonchev–Trinajstić information content (AvgIpc) is 3.45. The molecule has 1 aliphatic heterocycles. The number of methoxy groups -OCH3 is 1. The highest BCUT2D eigenvalue weighted by molar-refractivity contribution is 7.10. The van der Waals surface area contributed by atoms with E-state index in [0.717, 1.165) is 21.6 Å². The van der Waals surface area contributed by atoms with Gasteiger partial charge in [0, 0.05) is 10.6 Å². The summed E-state index contributed by atoms with van der Waals surface area (Å²) >= 11 is 1.39. The number of hydrogen-bond acceptors (Lipinski definition) is 7. The van der Waals surface area contributed by atoms with E-state index in [1.165, 1.54) is 23.3 Å². The lowest BCUT2D eigenvalue weighted by atomic mass is 9.96. The summed E-state index contributed by atoms with van der Waals surface area (Å²) in [5.41, 5.74) is 3.25. The third-order valence-electron chi connectivity index (χ3n) is 6.07. The van der Waals surface area contributed by atoms with Crippen molar-refractivity contribution in [3.05, 3.63) is 86.6 Å². The molecule has 4 rings (SSSR count). The molecule has 0 spiro atoms. The number of aryl methyl sites for hydroxylation is 2. The third kappa shape index (κ3) is 5.15. The Morgan fingerprint density at radius 2 is 1.81 bits per heavy atom. The molecule has 192 valence electrons. The van der Waals surface area contributed by atoms with E-state index in [0.29, 0.717) is 17.0 Å². The van der Waals surface area contributed by atoms with Crippen molar-refractivity contribution >= 4 is 40.4 Å². The maximum Gasteiger partial charge on any atom is 0.310 e.